The van der Waals surface area contributed by atoms with E-state index in [9.17, 15) is 8.78 Å². The highest BCUT2D eigenvalue weighted by molar-refractivity contribution is 6.30. The minimum atomic E-state index is -0.406. The molecule has 0 spiro atoms. The van der Waals surface area contributed by atoms with Crippen LogP contribution in [0, 0.1) is 11.6 Å². The molecule has 4 heteroatoms. The molecular formula is C16H16ClF2N. The molecule has 0 saturated heterocycles. The van der Waals surface area contributed by atoms with Gasteiger partial charge in [-0.1, -0.05) is 24.6 Å². The molecule has 0 heterocycles. The number of halogens is 3. The second-order valence-corrected chi connectivity index (χ2v) is 5.04. The van der Waals surface area contributed by atoms with Crippen LogP contribution in [-0.4, -0.2) is 6.54 Å². The maximum atomic E-state index is 13.9. The van der Waals surface area contributed by atoms with Crippen molar-refractivity contribution >= 4 is 11.6 Å². The lowest BCUT2D eigenvalue weighted by atomic mass is 10.0. The molecular weight excluding hydrogens is 280 g/mol. The van der Waals surface area contributed by atoms with Crippen molar-refractivity contribution in [3.63, 3.8) is 0 Å². The quantitative estimate of drug-likeness (QED) is 0.782. The second kappa shape index (κ2) is 6.82. The first-order chi connectivity index (χ1) is 9.61. The molecule has 2 aromatic carbocycles. The third-order valence-electron chi connectivity index (χ3n) is 3.03. The number of benzene rings is 2. The molecule has 1 N–H and O–H groups in total. The zero-order chi connectivity index (χ0) is 14.5. The Morgan fingerprint density at radius 2 is 1.85 bits per heavy atom. The van der Waals surface area contributed by atoms with Gasteiger partial charge in [0.05, 0.1) is 0 Å². The monoisotopic (exact) mass is 295 g/mol. The van der Waals surface area contributed by atoms with Gasteiger partial charge in [0.25, 0.3) is 0 Å². The number of rotatable bonds is 5. The summed E-state index contributed by atoms with van der Waals surface area (Å²) in [5.74, 6) is -0.691. The molecule has 0 radical (unpaired) electrons. The van der Waals surface area contributed by atoms with E-state index >= 15 is 0 Å². The van der Waals surface area contributed by atoms with E-state index < -0.39 is 5.82 Å². The maximum Gasteiger partial charge on any atom is 0.132 e. The fourth-order valence-corrected chi connectivity index (χ4v) is 2.16. The first kappa shape index (κ1) is 14.9. The molecule has 0 amide bonds. The Labute approximate surface area is 122 Å². The van der Waals surface area contributed by atoms with Gasteiger partial charge in [-0.3, -0.25) is 0 Å². The van der Waals surface area contributed by atoms with Crippen molar-refractivity contribution in [1.82, 2.24) is 5.32 Å². The molecule has 0 aromatic heterocycles. The summed E-state index contributed by atoms with van der Waals surface area (Å²) in [4.78, 5) is 0. The van der Waals surface area contributed by atoms with Crippen LogP contribution in [0.15, 0.2) is 36.4 Å². The Hall–Kier alpha value is -1.45. The molecule has 1 nitrogen and oxygen atoms in total. The van der Waals surface area contributed by atoms with Gasteiger partial charge >= 0.3 is 0 Å². The van der Waals surface area contributed by atoms with E-state index in [1.54, 1.807) is 24.3 Å². The Morgan fingerprint density at radius 3 is 2.55 bits per heavy atom. The summed E-state index contributed by atoms with van der Waals surface area (Å²) >= 11 is 5.74. The average molecular weight is 296 g/mol. The van der Waals surface area contributed by atoms with Gasteiger partial charge in [-0.25, -0.2) is 8.78 Å². The van der Waals surface area contributed by atoms with Crippen LogP contribution in [0.1, 0.15) is 18.9 Å². The summed E-state index contributed by atoms with van der Waals surface area (Å²) in [7, 11) is 0. The van der Waals surface area contributed by atoms with Gasteiger partial charge in [0.2, 0.25) is 0 Å². The molecule has 0 aliphatic heterocycles. The van der Waals surface area contributed by atoms with Crippen LogP contribution in [0.4, 0.5) is 8.78 Å². The van der Waals surface area contributed by atoms with E-state index in [1.807, 2.05) is 6.92 Å². The molecule has 0 unspecified atom stereocenters. The predicted octanol–water partition coefficient (Wildman–Crippen LogP) is 4.78. The molecule has 0 aliphatic carbocycles. The van der Waals surface area contributed by atoms with E-state index in [1.165, 1.54) is 12.1 Å². The van der Waals surface area contributed by atoms with Gasteiger partial charge in [0.15, 0.2) is 0 Å². The van der Waals surface area contributed by atoms with Gasteiger partial charge < -0.3 is 5.32 Å². The molecule has 106 valence electrons. The number of nitrogens with one attached hydrogen (secondary N) is 1. The van der Waals surface area contributed by atoms with Gasteiger partial charge in [0.1, 0.15) is 11.6 Å². The highest BCUT2D eigenvalue weighted by atomic mass is 35.5. The molecule has 20 heavy (non-hydrogen) atoms. The Balaban J connectivity index is 2.30. The normalized spacial score (nSPS) is 10.8. The smallest absolute Gasteiger partial charge is 0.132 e. The Bertz CT molecular complexity index is 599. The lowest BCUT2D eigenvalue weighted by Gasteiger charge is -2.09. The summed E-state index contributed by atoms with van der Waals surface area (Å²) < 4.78 is 27.6. The molecule has 0 fully saturated rings. The van der Waals surface area contributed by atoms with Crippen molar-refractivity contribution in [3.8, 4) is 11.1 Å². The van der Waals surface area contributed by atoms with Crippen molar-refractivity contribution in [2.45, 2.75) is 19.9 Å². The molecule has 0 atom stereocenters. The van der Waals surface area contributed by atoms with Crippen molar-refractivity contribution < 1.29 is 8.78 Å². The van der Waals surface area contributed by atoms with Crippen molar-refractivity contribution in [2.75, 3.05) is 6.54 Å². The van der Waals surface area contributed by atoms with Crippen LogP contribution >= 0.6 is 11.6 Å². The fraction of sp³-hybridized carbons (Fsp3) is 0.250. The van der Waals surface area contributed by atoms with Crippen LogP contribution in [0.2, 0.25) is 5.02 Å². The fourth-order valence-electron chi connectivity index (χ4n) is 2.00. The lowest BCUT2D eigenvalue weighted by Crippen LogP contribution is -2.14. The summed E-state index contributed by atoms with van der Waals surface area (Å²) in [6.07, 6.45) is 0.979. The van der Waals surface area contributed by atoms with Crippen molar-refractivity contribution in [3.05, 3.63) is 58.6 Å². The van der Waals surface area contributed by atoms with Crippen LogP contribution in [-0.2, 0) is 6.54 Å². The topological polar surface area (TPSA) is 12.0 Å². The maximum absolute atomic E-state index is 13.9. The minimum Gasteiger partial charge on any atom is -0.313 e. The van der Waals surface area contributed by atoms with E-state index in [2.05, 4.69) is 5.32 Å². The first-order valence-electron chi connectivity index (χ1n) is 6.56. The van der Waals surface area contributed by atoms with Crippen LogP contribution in [0.25, 0.3) is 11.1 Å². The first-order valence-corrected chi connectivity index (χ1v) is 6.94. The van der Waals surface area contributed by atoms with Gasteiger partial charge in [-0.15, -0.1) is 0 Å². The van der Waals surface area contributed by atoms with Crippen molar-refractivity contribution in [2.24, 2.45) is 0 Å². The molecule has 0 saturated carbocycles. The zero-order valence-corrected chi connectivity index (χ0v) is 12.0. The average Bonchev–Trinajstić information content (AvgIpc) is 2.41. The number of hydrogen-bond acceptors (Lipinski definition) is 1. The molecule has 2 aromatic rings. The van der Waals surface area contributed by atoms with E-state index in [4.69, 9.17) is 11.6 Å². The van der Waals surface area contributed by atoms with Gasteiger partial charge in [-0.2, -0.15) is 0 Å². The standard InChI is InChI=1S/C16H16ClF2N/c1-2-7-20-10-12-8-11(3-6-15(12)18)14-5-4-13(17)9-16(14)19/h3-6,8-9,20H,2,7,10H2,1H3. The van der Waals surface area contributed by atoms with E-state index in [0.717, 1.165) is 13.0 Å². The highest BCUT2D eigenvalue weighted by Gasteiger charge is 2.09. The van der Waals surface area contributed by atoms with Crippen molar-refractivity contribution in [1.29, 1.82) is 0 Å². The minimum absolute atomic E-state index is 0.285. The van der Waals surface area contributed by atoms with E-state index in [0.29, 0.717) is 28.3 Å². The highest BCUT2D eigenvalue weighted by Crippen LogP contribution is 2.27. The summed E-state index contributed by atoms with van der Waals surface area (Å²) in [6.45, 7) is 3.30. The molecule has 0 aliphatic rings. The third kappa shape index (κ3) is 3.56. The summed E-state index contributed by atoms with van der Waals surface area (Å²) in [5, 5.41) is 3.49. The SMILES string of the molecule is CCCNCc1cc(-c2ccc(Cl)cc2F)ccc1F. The second-order valence-electron chi connectivity index (χ2n) is 4.61. The summed E-state index contributed by atoms with van der Waals surface area (Å²) in [5.41, 5.74) is 1.60. The molecule has 0 bridgehead atoms. The van der Waals surface area contributed by atoms with Gasteiger partial charge in [0, 0.05) is 22.7 Å². The largest absolute Gasteiger partial charge is 0.313 e. The van der Waals surface area contributed by atoms with E-state index in [-0.39, 0.29) is 5.82 Å². The molecule has 2 rings (SSSR count). The Morgan fingerprint density at radius 1 is 1.05 bits per heavy atom. The van der Waals surface area contributed by atoms with Crippen LogP contribution < -0.4 is 5.32 Å². The number of hydrogen-bond donors (Lipinski definition) is 1. The van der Waals surface area contributed by atoms with Crippen LogP contribution in [0.3, 0.4) is 0 Å². The van der Waals surface area contributed by atoms with Gasteiger partial charge in [-0.05, 0) is 48.9 Å². The predicted molar refractivity (Wildman–Crippen MR) is 78.8 cm³/mol. The third-order valence-corrected chi connectivity index (χ3v) is 3.27. The lowest BCUT2D eigenvalue weighted by molar-refractivity contribution is 0.586. The van der Waals surface area contributed by atoms with Crippen LogP contribution in [0.5, 0.6) is 0 Å². The summed E-state index contributed by atoms with van der Waals surface area (Å²) in [6, 6.07) is 9.10. The Kier molecular flexibility index (Phi) is 5.10. The zero-order valence-electron chi connectivity index (χ0n) is 11.2.